The van der Waals surface area contributed by atoms with Crippen molar-refractivity contribution in [2.75, 3.05) is 17.2 Å². The summed E-state index contributed by atoms with van der Waals surface area (Å²) in [5, 5.41) is 14.4. The number of benzene rings is 2. The molecule has 0 aliphatic carbocycles. The van der Waals surface area contributed by atoms with Gasteiger partial charge in [0.2, 0.25) is 0 Å². The molecule has 2 aromatic carbocycles. The Balaban J connectivity index is 1.63. The molecular weight excluding hydrogens is 322 g/mol. The van der Waals surface area contributed by atoms with Crippen LogP contribution >= 0.6 is 0 Å². The van der Waals surface area contributed by atoms with Crippen LogP contribution in [0.1, 0.15) is 12.5 Å². The van der Waals surface area contributed by atoms with E-state index in [1.807, 2.05) is 6.07 Å². The number of ether oxygens (including phenoxy) is 2. The highest BCUT2D eigenvalue weighted by molar-refractivity contribution is 5.99. The fourth-order valence-corrected chi connectivity index (χ4v) is 2.31. The predicted octanol–water partition coefficient (Wildman–Crippen LogP) is 2.30. The Morgan fingerprint density at radius 1 is 1.36 bits per heavy atom. The van der Waals surface area contributed by atoms with Gasteiger partial charge in [-0.05, 0) is 37.3 Å². The number of hydrogen-bond acceptors (Lipinski definition) is 5. The summed E-state index contributed by atoms with van der Waals surface area (Å²) in [5.41, 5.74) is 1.36. The minimum atomic E-state index is -0.554. The fraction of sp³-hybridized carbons (Fsp3) is 0.167. The van der Waals surface area contributed by atoms with Crippen LogP contribution in [-0.4, -0.2) is 24.5 Å². The smallest absolute Gasteiger partial charge is 0.265 e. The number of anilines is 2. The number of nitrogens with one attached hydrogen (secondary N) is 2. The van der Waals surface area contributed by atoms with Crippen molar-refractivity contribution in [3.8, 4) is 17.6 Å². The Kier molecular flexibility index (Phi) is 4.53. The lowest BCUT2D eigenvalue weighted by molar-refractivity contribution is -0.122. The van der Waals surface area contributed by atoms with Crippen LogP contribution in [0.5, 0.6) is 11.5 Å². The summed E-state index contributed by atoms with van der Waals surface area (Å²) in [4.78, 5) is 23.7. The van der Waals surface area contributed by atoms with Gasteiger partial charge in [-0.2, -0.15) is 5.26 Å². The topological polar surface area (TPSA) is 100 Å². The molecule has 0 unspecified atom stereocenters. The van der Waals surface area contributed by atoms with Gasteiger partial charge in [0.05, 0.1) is 11.3 Å². The quantitative estimate of drug-likeness (QED) is 0.891. The lowest BCUT2D eigenvalue weighted by Gasteiger charge is -2.23. The van der Waals surface area contributed by atoms with Crippen LogP contribution in [0.3, 0.4) is 0 Å². The van der Waals surface area contributed by atoms with E-state index < -0.39 is 6.10 Å². The summed E-state index contributed by atoms with van der Waals surface area (Å²) in [5.74, 6) is 0.265. The second kappa shape index (κ2) is 6.93. The van der Waals surface area contributed by atoms with Gasteiger partial charge in [0.15, 0.2) is 12.7 Å². The lowest BCUT2D eigenvalue weighted by atomic mass is 10.2. The first kappa shape index (κ1) is 16.3. The number of fused-ring (bicyclic) bond motifs is 1. The first-order valence-corrected chi connectivity index (χ1v) is 7.60. The molecule has 0 aromatic heterocycles. The molecule has 0 spiro atoms. The monoisotopic (exact) mass is 337 g/mol. The van der Waals surface area contributed by atoms with Crippen LogP contribution in [0.25, 0.3) is 0 Å². The lowest BCUT2D eigenvalue weighted by Crippen LogP contribution is -2.34. The molecule has 2 aromatic rings. The average Bonchev–Trinajstić information content (AvgIpc) is 2.61. The molecular formula is C18H15N3O4. The molecule has 1 aliphatic rings. The van der Waals surface area contributed by atoms with Gasteiger partial charge in [0.1, 0.15) is 17.6 Å². The van der Waals surface area contributed by atoms with Crippen LogP contribution in [0.4, 0.5) is 11.4 Å². The van der Waals surface area contributed by atoms with E-state index in [1.54, 1.807) is 49.4 Å². The van der Waals surface area contributed by atoms with Crippen LogP contribution < -0.4 is 20.1 Å². The van der Waals surface area contributed by atoms with Gasteiger partial charge in [-0.3, -0.25) is 9.59 Å². The Morgan fingerprint density at radius 2 is 2.16 bits per heavy atom. The number of nitriles is 1. The van der Waals surface area contributed by atoms with E-state index in [0.717, 1.165) is 0 Å². The number of amides is 2. The van der Waals surface area contributed by atoms with Crippen molar-refractivity contribution in [3.05, 3.63) is 48.0 Å². The molecule has 1 aliphatic heterocycles. The molecule has 0 bridgehead atoms. The molecule has 7 heteroatoms. The molecule has 0 saturated heterocycles. The van der Waals surface area contributed by atoms with Crippen molar-refractivity contribution >= 4 is 23.2 Å². The number of para-hydroxylation sites is 1. The van der Waals surface area contributed by atoms with E-state index in [4.69, 9.17) is 14.7 Å². The Labute approximate surface area is 144 Å². The zero-order valence-corrected chi connectivity index (χ0v) is 13.4. The molecule has 25 heavy (non-hydrogen) atoms. The average molecular weight is 337 g/mol. The standard InChI is InChI=1S/C18H15N3O4/c1-11-18(23)21-14-8-13(6-7-16(14)25-11)20-17(22)10-24-15-5-3-2-4-12(15)9-19/h2-8,11H,10H2,1H3,(H,20,22)(H,21,23)/t11-/m1/s1. The highest BCUT2D eigenvalue weighted by Gasteiger charge is 2.23. The van der Waals surface area contributed by atoms with Crippen LogP contribution in [-0.2, 0) is 9.59 Å². The third kappa shape index (κ3) is 3.70. The highest BCUT2D eigenvalue weighted by atomic mass is 16.5. The number of carbonyl (C=O) groups excluding carboxylic acids is 2. The Hall–Kier alpha value is -3.53. The van der Waals surface area contributed by atoms with Gasteiger partial charge in [-0.15, -0.1) is 0 Å². The maximum absolute atomic E-state index is 12.0. The summed E-state index contributed by atoms with van der Waals surface area (Å²) in [6.07, 6.45) is -0.554. The number of nitrogens with zero attached hydrogens (tertiary/aromatic N) is 1. The van der Waals surface area contributed by atoms with Crippen molar-refractivity contribution in [2.24, 2.45) is 0 Å². The third-order valence-corrected chi connectivity index (χ3v) is 3.56. The molecule has 7 nitrogen and oxygen atoms in total. The summed E-state index contributed by atoms with van der Waals surface area (Å²) < 4.78 is 10.8. The minimum Gasteiger partial charge on any atom is -0.482 e. The van der Waals surface area contributed by atoms with E-state index in [9.17, 15) is 9.59 Å². The zero-order valence-electron chi connectivity index (χ0n) is 13.4. The first-order valence-electron chi connectivity index (χ1n) is 7.60. The molecule has 3 rings (SSSR count). The van der Waals surface area contributed by atoms with Gasteiger partial charge in [0.25, 0.3) is 11.8 Å². The number of rotatable bonds is 4. The number of carbonyl (C=O) groups is 2. The van der Waals surface area contributed by atoms with Gasteiger partial charge in [0, 0.05) is 5.69 Å². The molecule has 1 atom stereocenters. The van der Waals surface area contributed by atoms with E-state index in [1.165, 1.54) is 0 Å². The molecule has 0 radical (unpaired) electrons. The maximum Gasteiger partial charge on any atom is 0.265 e. The molecule has 126 valence electrons. The summed E-state index contributed by atoms with van der Waals surface area (Å²) in [6, 6.07) is 13.6. The van der Waals surface area contributed by atoms with E-state index in [2.05, 4.69) is 10.6 Å². The second-order valence-corrected chi connectivity index (χ2v) is 5.41. The van der Waals surface area contributed by atoms with Crippen molar-refractivity contribution in [1.29, 1.82) is 5.26 Å². The molecule has 2 amide bonds. The Morgan fingerprint density at radius 3 is 2.96 bits per heavy atom. The Bertz CT molecular complexity index is 873. The number of hydrogen-bond donors (Lipinski definition) is 2. The van der Waals surface area contributed by atoms with Crippen molar-refractivity contribution < 1.29 is 19.1 Å². The summed E-state index contributed by atoms with van der Waals surface area (Å²) in [6.45, 7) is 1.42. The van der Waals surface area contributed by atoms with E-state index in [0.29, 0.717) is 28.4 Å². The van der Waals surface area contributed by atoms with Crippen molar-refractivity contribution in [1.82, 2.24) is 0 Å². The van der Waals surface area contributed by atoms with Crippen molar-refractivity contribution in [2.45, 2.75) is 13.0 Å². The van der Waals surface area contributed by atoms with Crippen molar-refractivity contribution in [3.63, 3.8) is 0 Å². The van der Waals surface area contributed by atoms with Gasteiger partial charge >= 0.3 is 0 Å². The molecule has 1 heterocycles. The van der Waals surface area contributed by atoms with Crippen LogP contribution in [0.15, 0.2) is 42.5 Å². The van der Waals surface area contributed by atoms with Gasteiger partial charge < -0.3 is 20.1 Å². The minimum absolute atomic E-state index is 0.240. The molecule has 0 fully saturated rings. The SMILES string of the molecule is C[C@H]1Oc2ccc(NC(=O)COc3ccccc3C#N)cc2NC1=O. The first-order chi connectivity index (χ1) is 12.1. The van der Waals surface area contributed by atoms with E-state index >= 15 is 0 Å². The zero-order chi connectivity index (χ0) is 17.8. The summed E-state index contributed by atoms with van der Waals surface area (Å²) in [7, 11) is 0. The highest BCUT2D eigenvalue weighted by Crippen LogP contribution is 2.32. The molecule has 0 saturated carbocycles. The van der Waals surface area contributed by atoms with Gasteiger partial charge in [-0.25, -0.2) is 0 Å². The fourth-order valence-electron chi connectivity index (χ4n) is 2.31. The largest absolute Gasteiger partial charge is 0.482 e. The predicted molar refractivity (Wildman–Crippen MR) is 90.4 cm³/mol. The van der Waals surface area contributed by atoms with Crippen LogP contribution in [0.2, 0.25) is 0 Å². The maximum atomic E-state index is 12.0. The van der Waals surface area contributed by atoms with Crippen LogP contribution in [0, 0.1) is 11.3 Å². The third-order valence-electron chi connectivity index (χ3n) is 3.56. The summed E-state index contributed by atoms with van der Waals surface area (Å²) >= 11 is 0. The van der Waals surface area contributed by atoms with E-state index in [-0.39, 0.29) is 18.4 Å². The van der Waals surface area contributed by atoms with Gasteiger partial charge in [-0.1, -0.05) is 12.1 Å². The normalized spacial score (nSPS) is 15.2. The second-order valence-electron chi connectivity index (χ2n) is 5.41. The molecule has 2 N–H and O–H groups in total.